The van der Waals surface area contributed by atoms with Crippen LogP contribution in [0, 0.1) is 0 Å². The number of amides is 2. The van der Waals surface area contributed by atoms with Crippen LogP contribution in [0.15, 0.2) is 24.4 Å². The van der Waals surface area contributed by atoms with Gasteiger partial charge in [-0.05, 0) is 43.8 Å². The van der Waals surface area contributed by atoms with E-state index < -0.39 is 5.91 Å². The van der Waals surface area contributed by atoms with Crippen LogP contribution in [-0.2, 0) is 11.2 Å². The Bertz CT molecular complexity index is 639. The Morgan fingerprint density at radius 3 is 2.76 bits per heavy atom. The fourth-order valence-electron chi connectivity index (χ4n) is 2.06. The first kappa shape index (κ1) is 17.0. The van der Waals surface area contributed by atoms with E-state index in [1.807, 2.05) is 25.4 Å². The molecule has 0 atom stereocenters. The maximum Gasteiger partial charge on any atom is 0.251 e. The fraction of sp³-hybridized carbons (Fsp3) is 0.286. The lowest BCUT2D eigenvalue weighted by atomic mass is 10.1. The molecule has 1 heterocycles. The lowest BCUT2D eigenvalue weighted by Crippen LogP contribution is -2.33. The van der Waals surface area contributed by atoms with Gasteiger partial charge in [0.05, 0.1) is 6.54 Å². The second kappa shape index (κ2) is 7.66. The molecule has 0 bridgehead atoms. The number of likely N-dealkylation sites (N-methyl/N-ethyl adjacent to an activating group) is 1. The topological polar surface area (TPSA) is 100 Å². The molecule has 0 saturated heterocycles. The van der Waals surface area contributed by atoms with Crippen LogP contribution in [0.2, 0.25) is 0 Å². The minimum Gasteiger partial charge on any atom is -0.368 e. The third-order valence-corrected chi connectivity index (χ3v) is 3.10. The smallest absolute Gasteiger partial charge is 0.251 e. The summed E-state index contributed by atoms with van der Waals surface area (Å²) in [5.41, 5.74) is 7.66. The Hall–Kier alpha value is -2.05. The third kappa shape index (κ3) is 4.21. The predicted octanol–water partition coefficient (Wildman–Crippen LogP) is 0.567. The normalized spacial score (nSPS) is 10.1. The van der Waals surface area contributed by atoms with Crippen molar-refractivity contribution in [3.8, 4) is 0 Å². The number of halogens is 1. The molecule has 2 aromatic rings. The standard InChI is InChI=1S/C14H18N4O2.ClH/c1-16-5-4-10-7-17-12-3-2-9(6-11(10)12)14(20)18-8-13(15)19;/h2-3,6-7,16-17H,4-5,8H2,1H3,(H2,15,19)(H,18,20);1H. The molecule has 6 nitrogen and oxygen atoms in total. The summed E-state index contributed by atoms with van der Waals surface area (Å²) in [5.74, 6) is -0.859. The number of aromatic amines is 1. The Morgan fingerprint density at radius 2 is 2.10 bits per heavy atom. The maximum absolute atomic E-state index is 11.9. The molecule has 0 aliphatic heterocycles. The lowest BCUT2D eigenvalue weighted by Gasteiger charge is -2.04. The number of aromatic nitrogens is 1. The van der Waals surface area contributed by atoms with Crippen LogP contribution >= 0.6 is 12.4 Å². The lowest BCUT2D eigenvalue weighted by molar-refractivity contribution is -0.117. The first-order chi connectivity index (χ1) is 9.61. The molecule has 7 heteroatoms. The van der Waals surface area contributed by atoms with Gasteiger partial charge in [-0.2, -0.15) is 0 Å². The molecule has 0 fully saturated rings. The van der Waals surface area contributed by atoms with Gasteiger partial charge in [0.2, 0.25) is 5.91 Å². The molecule has 0 spiro atoms. The van der Waals surface area contributed by atoms with Gasteiger partial charge in [0, 0.05) is 22.7 Å². The van der Waals surface area contributed by atoms with Gasteiger partial charge in [0.25, 0.3) is 5.91 Å². The summed E-state index contributed by atoms with van der Waals surface area (Å²) >= 11 is 0. The molecule has 0 radical (unpaired) electrons. The van der Waals surface area contributed by atoms with Crippen molar-refractivity contribution in [1.29, 1.82) is 0 Å². The van der Waals surface area contributed by atoms with Gasteiger partial charge < -0.3 is 21.4 Å². The zero-order valence-electron chi connectivity index (χ0n) is 11.7. The average molecular weight is 311 g/mol. The van der Waals surface area contributed by atoms with Crippen molar-refractivity contribution in [2.45, 2.75) is 6.42 Å². The van der Waals surface area contributed by atoms with Gasteiger partial charge in [0.15, 0.2) is 0 Å². The van der Waals surface area contributed by atoms with Crippen molar-refractivity contribution in [2.75, 3.05) is 20.1 Å². The second-order valence-electron chi connectivity index (χ2n) is 4.58. The molecule has 2 rings (SSSR count). The van der Waals surface area contributed by atoms with E-state index in [2.05, 4.69) is 15.6 Å². The van der Waals surface area contributed by atoms with Crippen molar-refractivity contribution in [3.63, 3.8) is 0 Å². The molecule has 114 valence electrons. The van der Waals surface area contributed by atoms with Gasteiger partial charge in [-0.3, -0.25) is 9.59 Å². The van der Waals surface area contributed by atoms with Crippen LogP contribution in [0.1, 0.15) is 15.9 Å². The molecule has 2 amide bonds. The molecule has 0 saturated carbocycles. The molecular formula is C14H19ClN4O2. The van der Waals surface area contributed by atoms with Crippen LogP contribution in [0.25, 0.3) is 10.9 Å². The summed E-state index contributed by atoms with van der Waals surface area (Å²) in [7, 11) is 1.90. The highest BCUT2D eigenvalue weighted by molar-refractivity contribution is 6.00. The van der Waals surface area contributed by atoms with Crippen molar-refractivity contribution in [2.24, 2.45) is 5.73 Å². The summed E-state index contributed by atoms with van der Waals surface area (Å²) in [6, 6.07) is 5.40. The quantitative estimate of drug-likeness (QED) is 0.627. The number of primary amides is 1. The van der Waals surface area contributed by atoms with E-state index in [1.54, 1.807) is 6.07 Å². The van der Waals surface area contributed by atoms with E-state index in [-0.39, 0.29) is 24.9 Å². The molecule has 21 heavy (non-hydrogen) atoms. The van der Waals surface area contributed by atoms with Gasteiger partial charge in [-0.1, -0.05) is 0 Å². The number of H-pyrrole nitrogens is 1. The number of carbonyl (C=O) groups excluding carboxylic acids is 2. The summed E-state index contributed by atoms with van der Waals surface area (Å²) in [6.45, 7) is 0.710. The zero-order valence-corrected chi connectivity index (χ0v) is 12.5. The van der Waals surface area contributed by atoms with E-state index in [9.17, 15) is 9.59 Å². The number of hydrogen-bond acceptors (Lipinski definition) is 3. The van der Waals surface area contributed by atoms with Crippen LogP contribution in [-0.4, -0.2) is 36.9 Å². The van der Waals surface area contributed by atoms with E-state index in [0.717, 1.165) is 29.4 Å². The number of fused-ring (bicyclic) bond motifs is 1. The molecule has 1 aromatic carbocycles. The Morgan fingerprint density at radius 1 is 1.33 bits per heavy atom. The number of nitrogens with two attached hydrogens (primary N) is 1. The van der Waals surface area contributed by atoms with Crippen LogP contribution in [0.4, 0.5) is 0 Å². The van der Waals surface area contributed by atoms with E-state index in [1.165, 1.54) is 0 Å². The van der Waals surface area contributed by atoms with Gasteiger partial charge in [-0.25, -0.2) is 0 Å². The minimum absolute atomic E-state index is 0. The number of benzene rings is 1. The molecule has 0 unspecified atom stereocenters. The van der Waals surface area contributed by atoms with Gasteiger partial charge >= 0.3 is 0 Å². The highest BCUT2D eigenvalue weighted by atomic mass is 35.5. The van der Waals surface area contributed by atoms with E-state index >= 15 is 0 Å². The van der Waals surface area contributed by atoms with E-state index in [4.69, 9.17) is 5.73 Å². The van der Waals surface area contributed by atoms with Gasteiger partial charge in [-0.15, -0.1) is 12.4 Å². The third-order valence-electron chi connectivity index (χ3n) is 3.10. The SMILES string of the molecule is CNCCc1c[nH]c2ccc(C(=O)NCC(N)=O)cc12.Cl. The van der Waals surface area contributed by atoms with Crippen molar-refractivity contribution in [1.82, 2.24) is 15.6 Å². The average Bonchev–Trinajstić information content (AvgIpc) is 2.84. The molecule has 0 aliphatic carbocycles. The predicted molar refractivity (Wildman–Crippen MR) is 84.7 cm³/mol. The minimum atomic E-state index is -0.559. The monoisotopic (exact) mass is 310 g/mol. The van der Waals surface area contributed by atoms with Crippen molar-refractivity contribution < 1.29 is 9.59 Å². The van der Waals surface area contributed by atoms with Crippen LogP contribution < -0.4 is 16.4 Å². The highest BCUT2D eigenvalue weighted by Gasteiger charge is 2.10. The zero-order chi connectivity index (χ0) is 14.5. The highest BCUT2D eigenvalue weighted by Crippen LogP contribution is 2.20. The maximum atomic E-state index is 11.9. The summed E-state index contributed by atoms with van der Waals surface area (Å²) in [6.07, 6.45) is 2.83. The number of hydrogen-bond donors (Lipinski definition) is 4. The Kier molecular flexibility index (Phi) is 6.20. The van der Waals surface area contributed by atoms with Gasteiger partial charge in [0.1, 0.15) is 0 Å². The Labute approximate surface area is 128 Å². The molecule has 0 aliphatic rings. The second-order valence-corrected chi connectivity index (χ2v) is 4.58. The van der Waals surface area contributed by atoms with E-state index in [0.29, 0.717) is 5.56 Å². The van der Waals surface area contributed by atoms with Crippen LogP contribution in [0.3, 0.4) is 0 Å². The molecule has 5 N–H and O–H groups in total. The fourth-order valence-corrected chi connectivity index (χ4v) is 2.06. The van der Waals surface area contributed by atoms with Crippen LogP contribution in [0.5, 0.6) is 0 Å². The first-order valence-corrected chi connectivity index (χ1v) is 6.43. The van der Waals surface area contributed by atoms with Crippen molar-refractivity contribution in [3.05, 3.63) is 35.5 Å². The summed E-state index contributed by atoms with van der Waals surface area (Å²) in [4.78, 5) is 25.8. The summed E-state index contributed by atoms with van der Waals surface area (Å²) < 4.78 is 0. The summed E-state index contributed by atoms with van der Waals surface area (Å²) in [5, 5.41) is 6.60. The number of rotatable bonds is 6. The Balaban J connectivity index is 0.00000220. The largest absolute Gasteiger partial charge is 0.368 e. The number of carbonyl (C=O) groups is 2. The van der Waals surface area contributed by atoms with Crippen molar-refractivity contribution >= 4 is 35.1 Å². The first-order valence-electron chi connectivity index (χ1n) is 6.43. The molecule has 1 aromatic heterocycles. The number of nitrogens with one attached hydrogen (secondary N) is 3. The molecular weight excluding hydrogens is 292 g/mol.